The molecule has 26 heavy (non-hydrogen) atoms. The first-order valence-electron chi connectivity index (χ1n) is 8.55. The van der Waals surface area contributed by atoms with Gasteiger partial charge in [-0.15, -0.1) is 0 Å². The van der Waals surface area contributed by atoms with E-state index in [0.29, 0.717) is 12.1 Å². The van der Waals surface area contributed by atoms with Gasteiger partial charge in [0.25, 0.3) is 0 Å². The normalized spacial score (nSPS) is 13.1. The summed E-state index contributed by atoms with van der Waals surface area (Å²) < 4.78 is 17.8. The van der Waals surface area contributed by atoms with Crippen LogP contribution in [0.4, 0.5) is 10.1 Å². The van der Waals surface area contributed by atoms with E-state index in [1.807, 2.05) is 11.0 Å². The van der Waals surface area contributed by atoms with E-state index in [9.17, 15) is 14.0 Å². The molecule has 0 aromatic heterocycles. The zero-order valence-corrected chi connectivity index (χ0v) is 14.6. The summed E-state index contributed by atoms with van der Waals surface area (Å²) in [7, 11) is 1.37. The Morgan fingerprint density at radius 1 is 1.19 bits per heavy atom. The van der Waals surface area contributed by atoms with Crippen LogP contribution in [0.1, 0.15) is 27.9 Å². The van der Waals surface area contributed by atoms with Gasteiger partial charge >= 0.3 is 5.97 Å². The van der Waals surface area contributed by atoms with E-state index < -0.39 is 0 Å². The lowest BCUT2D eigenvalue weighted by Gasteiger charge is -2.31. The van der Waals surface area contributed by atoms with Gasteiger partial charge in [-0.2, -0.15) is 0 Å². The fourth-order valence-corrected chi connectivity index (χ4v) is 3.20. The quantitative estimate of drug-likeness (QED) is 0.837. The number of benzene rings is 2. The number of halogens is 1. The summed E-state index contributed by atoms with van der Waals surface area (Å²) in [6.07, 6.45) is 1.65. The molecule has 0 fully saturated rings. The molecule has 1 heterocycles. The molecule has 1 amide bonds. The highest BCUT2D eigenvalue weighted by molar-refractivity contribution is 5.93. The van der Waals surface area contributed by atoms with E-state index in [0.717, 1.165) is 36.2 Å². The molecule has 6 heteroatoms. The summed E-state index contributed by atoms with van der Waals surface area (Å²) in [5, 5.41) is 2.85. The van der Waals surface area contributed by atoms with Gasteiger partial charge in [0.15, 0.2) is 0 Å². The molecule has 2 aromatic rings. The van der Waals surface area contributed by atoms with Crippen LogP contribution in [0.2, 0.25) is 0 Å². The number of ether oxygens (including phenoxy) is 1. The van der Waals surface area contributed by atoms with Crippen LogP contribution in [-0.2, 0) is 22.5 Å². The van der Waals surface area contributed by atoms with Crippen molar-refractivity contribution in [2.75, 3.05) is 25.1 Å². The second-order valence-electron chi connectivity index (χ2n) is 6.22. The number of esters is 1. The van der Waals surface area contributed by atoms with Crippen molar-refractivity contribution in [3.63, 3.8) is 0 Å². The van der Waals surface area contributed by atoms with Gasteiger partial charge in [-0.05, 0) is 48.2 Å². The number of nitrogens with zero attached hydrogens (tertiary/aromatic N) is 1. The molecule has 0 saturated heterocycles. The third-order valence-electron chi connectivity index (χ3n) is 4.49. The predicted octanol–water partition coefficient (Wildman–Crippen LogP) is 2.68. The van der Waals surface area contributed by atoms with Gasteiger partial charge in [0, 0.05) is 18.8 Å². The topological polar surface area (TPSA) is 58.6 Å². The molecule has 0 aliphatic carbocycles. The van der Waals surface area contributed by atoms with Crippen molar-refractivity contribution >= 4 is 17.6 Å². The maximum Gasteiger partial charge on any atom is 0.338 e. The Balaban J connectivity index is 1.67. The average molecular weight is 356 g/mol. The predicted molar refractivity (Wildman–Crippen MR) is 96.6 cm³/mol. The first-order valence-corrected chi connectivity index (χ1v) is 8.55. The first-order chi connectivity index (χ1) is 12.6. The van der Waals surface area contributed by atoms with Crippen molar-refractivity contribution in [3.8, 4) is 0 Å². The van der Waals surface area contributed by atoms with E-state index >= 15 is 0 Å². The Morgan fingerprint density at radius 3 is 2.69 bits per heavy atom. The van der Waals surface area contributed by atoms with Crippen LogP contribution in [0.15, 0.2) is 42.5 Å². The Kier molecular flexibility index (Phi) is 5.51. The molecular formula is C20H21FN2O3. The minimum absolute atomic E-state index is 0.120. The minimum atomic E-state index is -0.357. The van der Waals surface area contributed by atoms with Crippen molar-refractivity contribution in [3.05, 3.63) is 65.0 Å². The number of amides is 1. The summed E-state index contributed by atoms with van der Waals surface area (Å²) in [6, 6.07) is 11.5. The molecule has 0 radical (unpaired) electrons. The highest BCUT2D eigenvalue weighted by Gasteiger charge is 2.23. The van der Waals surface area contributed by atoms with E-state index in [2.05, 4.69) is 5.32 Å². The zero-order chi connectivity index (χ0) is 18.5. The second kappa shape index (κ2) is 7.99. The zero-order valence-electron chi connectivity index (χ0n) is 14.6. The summed E-state index contributed by atoms with van der Waals surface area (Å²) in [4.78, 5) is 26.2. The van der Waals surface area contributed by atoms with E-state index in [4.69, 9.17) is 4.74 Å². The molecule has 0 bridgehead atoms. The van der Waals surface area contributed by atoms with Crippen LogP contribution in [0, 0.1) is 5.82 Å². The number of nitrogens with one attached hydrogen (secondary N) is 1. The smallest absolute Gasteiger partial charge is 0.338 e. The third-order valence-corrected chi connectivity index (χ3v) is 4.49. The van der Waals surface area contributed by atoms with Gasteiger partial charge in [0.05, 0.1) is 19.2 Å². The molecule has 2 aromatic carbocycles. The van der Waals surface area contributed by atoms with Crippen LogP contribution in [0.5, 0.6) is 0 Å². The molecule has 0 spiro atoms. The summed E-state index contributed by atoms with van der Waals surface area (Å²) in [5.74, 6) is -0.776. The number of rotatable bonds is 5. The van der Waals surface area contributed by atoms with Crippen molar-refractivity contribution in [2.45, 2.75) is 19.4 Å². The van der Waals surface area contributed by atoms with Crippen molar-refractivity contribution in [2.24, 2.45) is 0 Å². The van der Waals surface area contributed by atoms with Crippen molar-refractivity contribution in [1.29, 1.82) is 0 Å². The third kappa shape index (κ3) is 4.02. The molecular weight excluding hydrogens is 335 g/mol. The summed E-state index contributed by atoms with van der Waals surface area (Å²) in [6.45, 7) is 1.31. The second-order valence-corrected chi connectivity index (χ2v) is 6.22. The molecule has 1 N–H and O–H groups in total. The van der Waals surface area contributed by atoms with Gasteiger partial charge in [0.1, 0.15) is 5.82 Å². The molecule has 1 aliphatic heterocycles. The SMILES string of the molecule is COC(=O)c1cccc2c1CCCN2CC(=O)NCc1ccc(F)cc1. The van der Waals surface area contributed by atoms with Crippen LogP contribution in [0.25, 0.3) is 0 Å². The lowest BCUT2D eigenvalue weighted by molar-refractivity contribution is -0.119. The Labute approximate surface area is 151 Å². The number of anilines is 1. The summed E-state index contributed by atoms with van der Waals surface area (Å²) in [5.41, 5.74) is 3.22. The monoisotopic (exact) mass is 356 g/mol. The molecule has 0 unspecified atom stereocenters. The van der Waals surface area contributed by atoms with Crippen LogP contribution in [0.3, 0.4) is 0 Å². The fourth-order valence-electron chi connectivity index (χ4n) is 3.20. The summed E-state index contributed by atoms with van der Waals surface area (Å²) >= 11 is 0. The van der Waals surface area contributed by atoms with Gasteiger partial charge in [-0.1, -0.05) is 18.2 Å². The number of hydrogen-bond donors (Lipinski definition) is 1. The van der Waals surface area contributed by atoms with E-state index in [1.165, 1.54) is 19.2 Å². The van der Waals surface area contributed by atoms with Gasteiger partial charge < -0.3 is 15.0 Å². The standard InChI is InChI=1S/C20H21FN2O3/c1-26-20(25)17-4-2-6-18-16(17)5-3-11-23(18)13-19(24)22-12-14-7-9-15(21)10-8-14/h2,4,6-10H,3,5,11-13H2,1H3,(H,22,24). The average Bonchev–Trinajstić information content (AvgIpc) is 2.67. The van der Waals surface area contributed by atoms with Gasteiger partial charge in [-0.25, -0.2) is 9.18 Å². The lowest BCUT2D eigenvalue weighted by Crippen LogP contribution is -2.40. The van der Waals surface area contributed by atoms with Crippen LogP contribution < -0.4 is 10.2 Å². The van der Waals surface area contributed by atoms with Crippen molar-refractivity contribution < 1.29 is 18.7 Å². The maximum atomic E-state index is 12.9. The molecule has 1 aliphatic rings. The largest absolute Gasteiger partial charge is 0.465 e. The number of fused-ring (bicyclic) bond motifs is 1. The maximum absolute atomic E-state index is 12.9. The van der Waals surface area contributed by atoms with Gasteiger partial charge in [0.2, 0.25) is 5.91 Å². The van der Waals surface area contributed by atoms with Gasteiger partial charge in [-0.3, -0.25) is 4.79 Å². The Morgan fingerprint density at radius 2 is 1.96 bits per heavy atom. The molecule has 3 rings (SSSR count). The molecule has 5 nitrogen and oxygen atoms in total. The molecule has 136 valence electrons. The lowest BCUT2D eigenvalue weighted by atomic mass is 9.96. The number of carbonyl (C=O) groups excluding carboxylic acids is 2. The van der Waals surface area contributed by atoms with E-state index in [-0.39, 0.29) is 24.2 Å². The Bertz CT molecular complexity index is 805. The number of hydrogen-bond acceptors (Lipinski definition) is 4. The van der Waals surface area contributed by atoms with Crippen molar-refractivity contribution in [1.82, 2.24) is 5.32 Å². The highest BCUT2D eigenvalue weighted by atomic mass is 19.1. The Hall–Kier alpha value is -2.89. The number of methoxy groups -OCH3 is 1. The highest BCUT2D eigenvalue weighted by Crippen LogP contribution is 2.30. The minimum Gasteiger partial charge on any atom is -0.465 e. The van der Waals surface area contributed by atoms with Crippen LogP contribution >= 0.6 is 0 Å². The van der Waals surface area contributed by atoms with E-state index in [1.54, 1.807) is 24.3 Å². The molecule has 0 saturated carbocycles. The number of carbonyl (C=O) groups is 2. The molecule has 0 atom stereocenters. The first kappa shape index (κ1) is 17.9. The van der Waals surface area contributed by atoms with Crippen LogP contribution in [-0.4, -0.2) is 32.1 Å². The fraction of sp³-hybridized carbons (Fsp3) is 0.300.